The number of benzene rings is 1. The van der Waals surface area contributed by atoms with Crippen LogP contribution in [-0.4, -0.2) is 46.8 Å². The van der Waals surface area contributed by atoms with Crippen LogP contribution in [0.3, 0.4) is 0 Å². The number of aliphatic hydroxyl groups is 2. The van der Waals surface area contributed by atoms with Crippen molar-refractivity contribution >= 4 is 40.0 Å². The van der Waals surface area contributed by atoms with E-state index >= 15 is 0 Å². The highest BCUT2D eigenvalue weighted by Gasteiger charge is 2.51. The minimum Gasteiger partial charge on any atom is -0.511 e. The normalized spacial score (nSPS) is 25.4. The van der Waals surface area contributed by atoms with Crippen LogP contribution in [0.15, 0.2) is 33.8 Å². The third-order valence-electron chi connectivity index (χ3n) is 6.67. The van der Waals surface area contributed by atoms with Crippen LogP contribution in [0.1, 0.15) is 24.0 Å². The summed E-state index contributed by atoms with van der Waals surface area (Å²) in [7, 11) is 3.77. The quantitative estimate of drug-likeness (QED) is 0.620. The summed E-state index contributed by atoms with van der Waals surface area (Å²) in [6, 6.07) is 1.88. The largest absolute Gasteiger partial charge is 0.511 e. The van der Waals surface area contributed by atoms with Gasteiger partial charge in [0.2, 0.25) is 0 Å². The Morgan fingerprint density at radius 2 is 2.00 bits per heavy atom. The molecule has 2 aromatic rings. The molecule has 3 aliphatic carbocycles. The first-order valence-electron chi connectivity index (χ1n) is 10.0. The van der Waals surface area contributed by atoms with Gasteiger partial charge in [-0.25, -0.2) is 4.98 Å². The van der Waals surface area contributed by atoms with Gasteiger partial charge in [0.05, 0.1) is 11.5 Å². The highest BCUT2D eigenvalue weighted by molar-refractivity contribution is 6.21. The SMILES string of the molecule is CN(C)c1cc2ncoc2c2c1CC1CC3CC(=O)C(C(N)=O)=C(O)C3C(=O)C1=C2O. The van der Waals surface area contributed by atoms with Crippen molar-refractivity contribution in [3.8, 4) is 0 Å². The zero-order valence-electron chi connectivity index (χ0n) is 17.0. The number of Topliss-reactive ketones (excluding diaryl/α,β-unsaturated/α-hetero) is 2. The lowest BCUT2D eigenvalue weighted by Gasteiger charge is -2.41. The Hall–Kier alpha value is -3.62. The van der Waals surface area contributed by atoms with E-state index in [4.69, 9.17) is 10.2 Å². The molecule has 0 spiro atoms. The second-order valence-corrected chi connectivity index (χ2v) is 8.60. The smallest absolute Gasteiger partial charge is 0.255 e. The first-order chi connectivity index (χ1) is 14.7. The topological polar surface area (TPSA) is 147 Å². The third kappa shape index (κ3) is 2.55. The number of hydrogen-bond donors (Lipinski definition) is 3. The number of carbonyl (C=O) groups is 3. The van der Waals surface area contributed by atoms with E-state index < -0.39 is 40.6 Å². The monoisotopic (exact) mass is 423 g/mol. The van der Waals surface area contributed by atoms with Gasteiger partial charge in [0.1, 0.15) is 22.6 Å². The number of aromatic nitrogens is 1. The van der Waals surface area contributed by atoms with Crippen LogP contribution in [0.25, 0.3) is 16.9 Å². The van der Waals surface area contributed by atoms with Gasteiger partial charge in [-0.05, 0) is 36.3 Å². The number of carbonyl (C=O) groups excluding carboxylic acids is 3. The van der Waals surface area contributed by atoms with Crippen LogP contribution in [-0.2, 0) is 20.8 Å². The summed E-state index contributed by atoms with van der Waals surface area (Å²) in [5, 5.41) is 21.8. The predicted octanol–water partition coefficient (Wildman–Crippen LogP) is 1.81. The maximum atomic E-state index is 13.5. The second kappa shape index (κ2) is 6.44. The fourth-order valence-corrected chi connectivity index (χ4v) is 5.41. The molecule has 0 radical (unpaired) electrons. The lowest BCUT2D eigenvalue weighted by molar-refractivity contribution is -0.127. The number of hydrogen-bond acceptors (Lipinski definition) is 8. The fourth-order valence-electron chi connectivity index (χ4n) is 5.41. The van der Waals surface area contributed by atoms with Crippen LogP contribution in [0.2, 0.25) is 0 Å². The molecule has 3 atom stereocenters. The molecule has 31 heavy (non-hydrogen) atoms. The van der Waals surface area contributed by atoms with Crippen LogP contribution >= 0.6 is 0 Å². The van der Waals surface area contributed by atoms with Gasteiger partial charge >= 0.3 is 0 Å². The number of oxazole rings is 1. The summed E-state index contributed by atoms with van der Waals surface area (Å²) in [5.74, 6) is -4.74. The number of primary amides is 1. The van der Waals surface area contributed by atoms with Crippen molar-refractivity contribution in [3.63, 3.8) is 0 Å². The zero-order chi connectivity index (χ0) is 22.2. The third-order valence-corrected chi connectivity index (χ3v) is 6.67. The number of rotatable bonds is 2. The molecule has 1 amide bonds. The van der Waals surface area contributed by atoms with E-state index in [-0.39, 0.29) is 23.7 Å². The summed E-state index contributed by atoms with van der Waals surface area (Å²) < 4.78 is 5.53. The summed E-state index contributed by atoms with van der Waals surface area (Å²) in [6.07, 6.45) is 2.12. The molecule has 4 N–H and O–H groups in total. The van der Waals surface area contributed by atoms with Crippen molar-refractivity contribution in [2.75, 3.05) is 19.0 Å². The van der Waals surface area contributed by atoms with Gasteiger partial charge in [-0.2, -0.15) is 0 Å². The van der Waals surface area contributed by atoms with Crippen molar-refractivity contribution in [2.24, 2.45) is 23.5 Å². The molecule has 1 heterocycles. The summed E-state index contributed by atoms with van der Waals surface area (Å²) >= 11 is 0. The number of aliphatic hydroxyl groups excluding tert-OH is 2. The van der Waals surface area contributed by atoms with E-state index in [0.29, 0.717) is 29.5 Å². The number of ketones is 2. The Bertz CT molecular complexity index is 1250. The van der Waals surface area contributed by atoms with E-state index in [1.165, 1.54) is 6.39 Å². The maximum Gasteiger partial charge on any atom is 0.255 e. The molecule has 9 heteroatoms. The zero-order valence-corrected chi connectivity index (χ0v) is 17.0. The molecule has 0 saturated heterocycles. The minimum atomic E-state index is -1.07. The average molecular weight is 423 g/mol. The number of fused-ring (bicyclic) bond motifs is 5. The fraction of sp³-hybridized carbons (Fsp3) is 0.364. The van der Waals surface area contributed by atoms with Crippen molar-refractivity contribution in [3.05, 3.63) is 40.5 Å². The Kier molecular flexibility index (Phi) is 4.02. The standard InChI is InChI=1S/C22H21N3O6/c1-25(2)12-6-11-21(31-7-24-11)16-10(12)4-8-3-9-5-13(26)17(22(23)30)20(29)15(9)18(27)14(8)19(16)28/h6-9,15,28-29H,3-5H2,1-2H3,(H2,23,30). The number of nitrogens with zero attached hydrogens (tertiary/aromatic N) is 2. The van der Waals surface area contributed by atoms with Crippen LogP contribution < -0.4 is 10.6 Å². The minimum absolute atomic E-state index is 0.0438. The number of nitrogens with two attached hydrogens (primary N) is 1. The summed E-state index contributed by atoms with van der Waals surface area (Å²) in [6.45, 7) is 0. The number of allylic oxidation sites excluding steroid dienone is 2. The molecule has 0 bridgehead atoms. The lowest BCUT2D eigenvalue weighted by Crippen LogP contribution is -2.44. The molecule has 1 fully saturated rings. The van der Waals surface area contributed by atoms with Crippen molar-refractivity contribution in [1.29, 1.82) is 0 Å². The number of amides is 1. The van der Waals surface area contributed by atoms with Crippen molar-refractivity contribution < 1.29 is 29.0 Å². The molecule has 0 aliphatic heterocycles. The highest BCUT2D eigenvalue weighted by Crippen LogP contribution is 2.51. The predicted molar refractivity (Wildman–Crippen MR) is 110 cm³/mol. The first kappa shape index (κ1) is 19.3. The van der Waals surface area contributed by atoms with Gasteiger partial charge in [-0.15, -0.1) is 0 Å². The van der Waals surface area contributed by atoms with E-state index in [1.54, 1.807) is 0 Å². The summed E-state index contributed by atoms with van der Waals surface area (Å²) in [5.41, 5.74) is 7.98. The van der Waals surface area contributed by atoms with Gasteiger partial charge in [-0.3, -0.25) is 14.4 Å². The lowest BCUT2D eigenvalue weighted by atomic mass is 9.61. The van der Waals surface area contributed by atoms with E-state index in [0.717, 1.165) is 11.3 Å². The highest BCUT2D eigenvalue weighted by atomic mass is 16.3. The Labute approximate surface area is 176 Å². The van der Waals surface area contributed by atoms with Gasteiger partial charge < -0.3 is 25.3 Å². The second-order valence-electron chi connectivity index (χ2n) is 8.60. The van der Waals surface area contributed by atoms with E-state index in [2.05, 4.69) is 4.98 Å². The van der Waals surface area contributed by atoms with Gasteiger partial charge in [-0.1, -0.05) is 0 Å². The Morgan fingerprint density at radius 3 is 2.68 bits per heavy atom. The molecule has 5 rings (SSSR count). The molecule has 3 aliphatic rings. The Balaban J connectivity index is 1.73. The molecule has 1 aromatic heterocycles. The van der Waals surface area contributed by atoms with Crippen molar-refractivity contribution in [2.45, 2.75) is 19.3 Å². The Morgan fingerprint density at radius 1 is 1.26 bits per heavy atom. The van der Waals surface area contributed by atoms with E-state index in [9.17, 15) is 24.6 Å². The molecule has 1 aromatic carbocycles. The molecule has 160 valence electrons. The van der Waals surface area contributed by atoms with Crippen LogP contribution in [0.4, 0.5) is 5.69 Å². The van der Waals surface area contributed by atoms with Gasteiger partial charge in [0.15, 0.2) is 23.5 Å². The number of anilines is 1. The van der Waals surface area contributed by atoms with Gasteiger partial charge in [0.25, 0.3) is 5.91 Å². The van der Waals surface area contributed by atoms with E-state index in [1.807, 2.05) is 25.1 Å². The van der Waals surface area contributed by atoms with Gasteiger partial charge in [0, 0.05) is 31.8 Å². The van der Waals surface area contributed by atoms with Crippen molar-refractivity contribution in [1.82, 2.24) is 4.98 Å². The molecular formula is C22H21N3O6. The maximum absolute atomic E-state index is 13.5. The van der Waals surface area contributed by atoms with Crippen LogP contribution in [0, 0.1) is 17.8 Å². The summed E-state index contributed by atoms with van der Waals surface area (Å²) in [4.78, 5) is 43.6. The van der Waals surface area contributed by atoms with Crippen LogP contribution in [0.5, 0.6) is 0 Å². The first-order valence-corrected chi connectivity index (χ1v) is 10.0. The molecular weight excluding hydrogens is 402 g/mol. The molecule has 3 unspecified atom stereocenters. The molecule has 9 nitrogen and oxygen atoms in total. The molecule has 1 saturated carbocycles. The average Bonchev–Trinajstić information content (AvgIpc) is 3.14.